The van der Waals surface area contributed by atoms with Gasteiger partial charge in [0.15, 0.2) is 0 Å². The summed E-state index contributed by atoms with van der Waals surface area (Å²) in [6, 6.07) is 0. The van der Waals surface area contributed by atoms with E-state index in [9.17, 15) is 0 Å². The molecular formula is C8H18N4. The van der Waals surface area contributed by atoms with E-state index in [1.807, 2.05) is 36.3 Å². The number of nitrogens with zero attached hydrogens (tertiary/aromatic N) is 2. The quantitative estimate of drug-likeness (QED) is 0.420. The molecule has 0 aromatic rings. The molecule has 0 aliphatic heterocycles. The summed E-state index contributed by atoms with van der Waals surface area (Å²) >= 11 is 0. The molecule has 0 rings (SSSR count). The first-order valence-electron chi connectivity index (χ1n) is 3.86. The molecule has 0 fully saturated rings. The Balaban J connectivity index is 3.38. The van der Waals surface area contributed by atoms with Crippen molar-refractivity contribution in [3.8, 4) is 0 Å². The van der Waals surface area contributed by atoms with Crippen LogP contribution in [-0.2, 0) is 0 Å². The number of likely N-dealkylation sites (N-methyl/N-ethyl adjacent to an activating group) is 2. The molecule has 0 amide bonds. The molecule has 0 aromatic heterocycles. The SMILES string of the molecule is C=CCN(C)NNN(C)CC=C. The highest BCUT2D eigenvalue weighted by atomic mass is 15.8. The van der Waals surface area contributed by atoms with Crippen LogP contribution in [0.15, 0.2) is 25.3 Å². The lowest BCUT2D eigenvalue weighted by Gasteiger charge is -2.22. The van der Waals surface area contributed by atoms with Crippen molar-refractivity contribution in [1.29, 1.82) is 0 Å². The second-order valence-electron chi connectivity index (χ2n) is 2.56. The highest BCUT2D eigenvalue weighted by Gasteiger charge is 1.94. The second-order valence-corrected chi connectivity index (χ2v) is 2.56. The predicted molar refractivity (Wildman–Crippen MR) is 51.9 cm³/mol. The zero-order valence-electron chi connectivity index (χ0n) is 7.88. The predicted octanol–water partition coefficient (Wildman–Crippen LogP) is 0.146. The largest absolute Gasteiger partial charge is 0.229 e. The van der Waals surface area contributed by atoms with Crippen LogP contribution in [0.4, 0.5) is 0 Å². The number of rotatable bonds is 7. The van der Waals surface area contributed by atoms with E-state index < -0.39 is 0 Å². The van der Waals surface area contributed by atoms with Crippen molar-refractivity contribution in [2.45, 2.75) is 0 Å². The van der Waals surface area contributed by atoms with Crippen LogP contribution in [0, 0.1) is 0 Å². The van der Waals surface area contributed by atoms with Crippen LogP contribution in [0.1, 0.15) is 0 Å². The van der Waals surface area contributed by atoms with Gasteiger partial charge in [0.2, 0.25) is 0 Å². The van der Waals surface area contributed by atoms with Crippen LogP contribution in [0.3, 0.4) is 0 Å². The summed E-state index contributed by atoms with van der Waals surface area (Å²) in [5.74, 6) is 0. The van der Waals surface area contributed by atoms with Gasteiger partial charge in [0, 0.05) is 27.2 Å². The summed E-state index contributed by atoms with van der Waals surface area (Å²) in [5, 5.41) is 3.76. The van der Waals surface area contributed by atoms with Crippen molar-refractivity contribution in [2.75, 3.05) is 27.2 Å². The van der Waals surface area contributed by atoms with Gasteiger partial charge in [-0.3, -0.25) is 0 Å². The van der Waals surface area contributed by atoms with E-state index in [-0.39, 0.29) is 0 Å². The fourth-order valence-corrected chi connectivity index (χ4v) is 0.649. The zero-order chi connectivity index (χ0) is 9.40. The van der Waals surface area contributed by atoms with Crippen molar-refractivity contribution in [2.24, 2.45) is 0 Å². The van der Waals surface area contributed by atoms with Crippen LogP contribution in [0.2, 0.25) is 0 Å². The summed E-state index contributed by atoms with van der Waals surface area (Å²) in [6.07, 6.45) is 3.64. The fraction of sp³-hybridized carbons (Fsp3) is 0.500. The van der Waals surface area contributed by atoms with E-state index >= 15 is 0 Å². The monoisotopic (exact) mass is 170 g/mol. The normalized spacial score (nSPS) is 10.7. The van der Waals surface area contributed by atoms with E-state index in [2.05, 4.69) is 24.2 Å². The lowest BCUT2D eigenvalue weighted by atomic mass is 10.6. The Hall–Kier alpha value is -0.680. The number of hydrazine groups is 3. The van der Waals surface area contributed by atoms with Gasteiger partial charge in [0.05, 0.1) is 0 Å². The fourth-order valence-electron chi connectivity index (χ4n) is 0.649. The standard InChI is InChI=1S/C8H18N4/c1-5-7-11(3)9-10-12(4)8-6-2/h5-6,9-10H,1-2,7-8H2,3-4H3. The van der Waals surface area contributed by atoms with Crippen LogP contribution in [0.25, 0.3) is 0 Å². The zero-order valence-corrected chi connectivity index (χ0v) is 7.88. The molecule has 70 valence electrons. The van der Waals surface area contributed by atoms with Gasteiger partial charge in [-0.1, -0.05) is 12.2 Å². The third kappa shape index (κ3) is 6.06. The van der Waals surface area contributed by atoms with Gasteiger partial charge >= 0.3 is 0 Å². The van der Waals surface area contributed by atoms with Crippen molar-refractivity contribution in [3.63, 3.8) is 0 Å². The highest BCUT2D eigenvalue weighted by Crippen LogP contribution is 1.75. The molecule has 2 N–H and O–H groups in total. The first-order valence-corrected chi connectivity index (χ1v) is 3.86. The average Bonchev–Trinajstić information content (AvgIpc) is 2.02. The van der Waals surface area contributed by atoms with Crippen LogP contribution in [0.5, 0.6) is 0 Å². The molecule has 12 heavy (non-hydrogen) atoms. The molecule has 0 radical (unpaired) electrons. The molecule has 0 bridgehead atoms. The molecule has 0 spiro atoms. The Morgan fingerprint density at radius 1 is 1.00 bits per heavy atom. The molecule has 0 aliphatic rings. The highest BCUT2D eigenvalue weighted by molar-refractivity contribution is 4.69. The Morgan fingerprint density at radius 2 is 1.33 bits per heavy atom. The Morgan fingerprint density at radius 3 is 1.58 bits per heavy atom. The maximum absolute atomic E-state index is 3.62. The molecular weight excluding hydrogens is 152 g/mol. The Labute approximate surface area is 74.4 Å². The lowest BCUT2D eigenvalue weighted by molar-refractivity contribution is 0.103. The lowest BCUT2D eigenvalue weighted by Crippen LogP contribution is -2.51. The molecule has 4 heteroatoms. The van der Waals surface area contributed by atoms with E-state index in [0.29, 0.717) is 0 Å². The maximum atomic E-state index is 3.62. The number of hydrogen-bond donors (Lipinski definition) is 2. The van der Waals surface area contributed by atoms with E-state index in [1.54, 1.807) is 0 Å². The van der Waals surface area contributed by atoms with Gasteiger partial charge in [-0.15, -0.1) is 13.2 Å². The summed E-state index contributed by atoms with van der Waals surface area (Å²) in [7, 11) is 3.85. The maximum Gasteiger partial charge on any atom is 0.0319 e. The van der Waals surface area contributed by atoms with Crippen molar-refractivity contribution < 1.29 is 0 Å². The van der Waals surface area contributed by atoms with Gasteiger partial charge in [-0.2, -0.15) is 11.1 Å². The van der Waals surface area contributed by atoms with Crippen molar-refractivity contribution in [1.82, 2.24) is 21.1 Å². The molecule has 0 heterocycles. The van der Waals surface area contributed by atoms with Gasteiger partial charge in [0.1, 0.15) is 0 Å². The van der Waals surface area contributed by atoms with Crippen molar-refractivity contribution in [3.05, 3.63) is 25.3 Å². The summed E-state index contributed by atoms with van der Waals surface area (Å²) < 4.78 is 0. The van der Waals surface area contributed by atoms with Gasteiger partial charge in [0.25, 0.3) is 0 Å². The second kappa shape index (κ2) is 7.00. The summed E-state index contributed by atoms with van der Waals surface area (Å²) in [4.78, 5) is 0. The number of nitrogens with one attached hydrogen (secondary N) is 2. The summed E-state index contributed by atoms with van der Waals surface area (Å²) in [5.41, 5.74) is 5.92. The first kappa shape index (κ1) is 11.3. The summed E-state index contributed by atoms with van der Waals surface area (Å²) in [6.45, 7) is 8.82. The van der Waals surface area contributed by atoms with Gasteiger partial charge < -0.3 is 0 Å². The minimum absolute atomic E-state index is 0.787. The van der Waals surface area contributed by atoms with Crippen LogP contribution >= 0.6 is 0 Å². The number of hydrogen-bond acceptors (Lipinski definition) is 4. The molecule has 0 saturated heterocycles. The Kier molecular flexibility index (Phi) is 6.60. The molecule has 4 nitrogen and oxygen atoms in total. The van der Waals surface area contributed by atoms with Gasteiger partial charge in [-0.25, -0.2) is 10.0 Å². The van der Waals surface area contributed by atoms with Crippen molar-refractivity contribution >= 4 is 0 Å². The smallest absolute Gasteiger partial charge is 0.0319 e. The van der Waals surface area contributed by atoms with Crippen LogP contribution < -0.4 is 11.1 Å². The van der Waals surface area contributed by atoms with E-state index in [1.165, 1.54) is 0 Å². The van der Waals surface area contributed by atoms with Crippen LogP contribution in [-0.4, -0.2) is 37.2 Å². The molecule has 0 unspecified atom stereocenters. The average molecular weight is 170 g/mol. The van der Waals surface area contributed by atoms with Gasteiger partial charge in [-0.05, 0) is 0 Å². The first-order chi connectivity index (χ1) is 5.70. The van der Waals surface area contributed by atoms with E-state index in [0.717, 1.165) is 13.1 Å². The minimum Gasteiger partial charge on any atom is -0.229 e. The third-order valence-corrected chi connectivity index (χ3v) is 1.24. The molecule has 0 saturated carbocycles. The molecule has 0 aromatic carbocycles. The topological polar surface area (TPSA) is 30.5 Å². The molecule has 0 atom stereocenters. The Bertz CT molecular complexity index is 119. The molecule has 0 aliphatic carbocycles. The van der Waals surface area contributed by atoms with E-state index in [4.69, 9.17) is 0 Å². The minimum atomic E-state index is 0.787. The third-order valence-electron chi connectivity index (χ3n) is 1.24.